The Morgan fingerprint density at radius 2 is 2.15 bits per heavy atom. The van der Waals surface area contributed by atoms with Crippen LogP contribution in [0.1, 0.15) is 11.3 Å². The van der Waals surface area contributed by atoms with Crippen molar-refractivity contribution >= 4 is 22.9 Å². The van der Waals surface area contributed by atoms with Crippen LogP contribution in [-0.2, 0) is 6.54 Å². The number of hydrogen-bond acceptors (Lipinski definition) is 3. The smallest absolute Gasteiger partial charge is 0.154 e. The van der Waals surface area contributed by atoms with E-state index in [1.54, 1.807) is 6.20 Å². The molecule has 102 valence electrons. The van der Waals surface area contributed by atoms with E-state index >= 15 is 0 Å². The number of aryl methyl sites for hydroxylation is 1. The van der Waals surface area contributed by atoms with E-state index in [1.807, 2.05) is 48.9 Å². The molecular formula is C15H15ClN4. The molecule has 0 spiro atoms. The highest BCUT2D eigenvalue weighted by molar-refractivity contribution is 6.30. The molecule has 1 aromatic carbocycles. The quantitative estimate of drug-likeness (QED) is 0.740. The van der Waals surface area contributed by atoms with Crippen molar-refractivity contribution in [2.24, 2.45) is 0 Å². The molecule has 5 heteroatoms. The van der Waals surface area contributed by atoms with Crippen molar-refractivity contribution in [3.8, 4) is 0 Å². The largest absolute Gasteiger partial charge is 0.354 e. The second-order valence-electron chi connectivity index (χ2n) is 4.85. The number of fused-ring (bicyclic) bond motifs is 1. The van der Waals surface area contributed by atoms with Gasteiger partial charge in [-0.2, -0.15) is 5.10 Å². The van der Waals surface area contributed by atoms with Gasteiger partial charge in [-0.25, -0.2) is 9.50 Å². The van der Waals surface area contributed by atoms with Crippen molar-refractivity contribution in [1.82, 2.24) is 14.6 Å². The molecular weight excluding hydrogens is 272 g/mol. The van der Waals surface area contributed by atoms with Gasteiger partial charge in [0.05, 0.1) is 5.69 Å². The number of aromatic nitrogens is 3. The van der Waals surface area contributed by atoms with Gasteiger partial charge in [-0.15, -0.1) is 0 Å². The van der Waals surface area contributed by atoms with Crippen molar-refractivity contribution < 1.29 is 0 Å². The molecule has 0 N–H and O–H groups in total. The van der Waals surface area contributed by atoms with Gasteiger partial charge in [0.25, 0.3) is 0 Å². The fourth-order valence-corrected chi connectivity index (χ4v) is 2.52. The highest BCUT2D eigenvalue weighted by Gasteiger charge is 2.10. The molecule has 2 aromatic heterocycles. The van der Waals surface area contributed by atoms with E-state index in [4.69, 9.17) is 11.6 Å². The minimum atomic E-state index is 0.747. The predicted octanol–water partition coefficient (Wildman–Crippen LogP) is 3.33. The maximum Gasteiger partial charge on any atom is 0.154 e. The Morgan fingerprint density at radius 1 is 1.30 bits per heavy atom. The number of halogens is 1. The zero-order valence-corrected chi connectivity index (χ0v) is 12.2. The van der Waals surface area contributed by atoms with Crippen molar-refractivity contribution in [2.75, 3.05) is 11.9 Å². The van der Waals surface area contributed by atoms with Crippen LogP contribution in [0.5, 0.6) is 0 Å². The molecule has 0 unspecified atom stereocenters. The van der Waals surface area contributed by atoms with Gasteiger partial charge in [0.15, 0.2) is 5.82 Å². The zero-order chi connectivity index (χ0) is 14.1. The lowest BCUT2D eigenvalue weighted by Gasteiger charge is -2.19. The molecule has 3 rings (SSSR count). The standard InChI is InChI=1S/C15H15ClN4/c1-11-8-14-15(17-6-7-20(14)18-11)19(2)10-12-4-3-5-13(16)9-12/h3-9H,10H2,1-2H3. The lowest BCUT2D eigenvalue weighted by Crippen LogP contribution is -2.18. The number of benzene rings is 1. The van der Waals surface area contributed by atoms with Gasteiger partial charge in [-0.3, -0.25) is 0 Å². The number of nitrogens with zero attached hydrogens (tertiary/aromatic N) is 4. The topological polar surface area (TPSA) is 33.4 Å². The Morgan fingerprint density at radius 3 is 2.95 bits per heavy atom. The van der Waals surface area contributed by atoms with E-state index < -0.39 is 0 Å². The summed E-state index contributed by atoms with van der Waals surface area (Å²) in [6, 6.07) is 9.91. The van der Waals surface area contributed by atoms with Crippen LogP contribution in [-0.4, -0.2) is 21.6 Å². The molecule has 0 atom stereocenters. The summed E-state index contributed by atoms with van der Waals surface area (Å²) in [6.45, 7) is 2.73. The van der Waals surface area contributed by atoms with Gasteiger partial charge in [-0.1, -0.05) is 23.7 Å². The van der Waals surface area contributed by atoms with Crippen LogP contribution in [0.15, 0.2) is 42.7 Å². The van der Waals surface area contributed by atoms with Crippen LogP contribution < -0.4 is 4.90 Å². The first-order valence-corrected chi connectivity index (χ1v) is 6.78. The van der Waals surface area contributed by atoms with Crippen molar-refractivity contribution in [1.29, 1.82) is 0 Å². The number of rotatable bonds is 3. The molecule has 4 nitrogen and oxygen atoms in total. The lowest BCUT2D eigenvalue weighted by molar-refractivity contribution is 0.872. The number of anilines is 1. The van der Waals surface area contributed by atoms with E-state index in [0.717, 1.165) is 34.2 Å². The SMILES string of the molecule is Cc1cc2c(N(C)Cc3cccc(Cl)c3)nccn2n1. The molecule has 0 fully saturated rings. The first kappa shape index (κ1) is 12.9. The summed E-state index contributed by atoms with van der Waals surface area (Å²) in [6.07, 6.45) is 3.63. The van der Waals surface area contributed by atoms with Crippen LogP contribution in [0.3, 0.4) is 0 Å². The fourth-order valence-electron chi connectivity index (χ4n) is 2.31. The Bertz CT molecular complexity index is 750. The van der Waals surface area contributed by atoms with E-state index in [0.29, 0.717) is 0 Å². The Hall–Kier alpha value is -2.07. The van der Waals surface area contributed by atoms with Gasteiger partial charge >= 0.3 is 0 Å². The molecule has 0 aliphatic carbocycles. The minimum absolute atomic E-state index is 0.747. The molecule has 0 bridgehead atoms. The van der Waals surface area contributed by atoms with E-state index in [9.17, 15) is 0 Å². The monoisotopic (exact) mass is 286 g/mol. The summed E-state index contributed by atoms with van der Waals surface area (Å²) in [4.78, 5) is 6.57. The molecule has 0 aliphatic heterocycles. The maximum atomic E-state index is 6.02. The second kappa shape index (κ2) is 5.13. The lowest BCUT2D eigenvalue weighted by atomic mass is 10.2. The highest BCUT2D eigenvalue weighted by atomic mass is 35.5. The first-order chi connectivity index (χ1) is 9.63. The summed E-state index contributed by atoms with van der Waals surface area (Å²) in [5.41, 5.74) is 3.14. The third-order valence-corrected chi connectivity index (χ3v) is 3.40. The van der Waals surface area contributed by atoms with Crippen LogP contribution in [0, 0.1) is 6.92 Å². The van der Waals surface area contributed by atoms with E-state index in [-0.39, 0.29) is 0 Å². The Balaban J connectivity index is 1.94. The fraction of sp³-hybridized carbons (Fsp3) is 0.200. The third kappa shape index (κ3) is 2.47. The number of hydrogen-bond donors (Lipinski definition) is 0. The average Bonchev–Trinajstić information content (AvgIpc) is 2.78. The van der Waals surface area contributed by atoms with Crippen LogP contribution in [0.25, 0.3) is 5.52 Å². The van der Waals surface area contributed by atoms with Crippen molar-refractivity contribution in [3.05, 3.63) is 59.0 Å². The van der Waals surface area contributed by atoms with Gasteiger partial charge in [0.1, 0.15) is 5.52 Å². The summed E-state index contributed by atoms with van der Waals surface area (Å²) in [5.74, 6) is 0.910. The maximum absolute atomic E-state index is 6.02. The summed E-state index contributed by atoms with van der Waals surface area (Å²) in [5, 5.41) is 5.16. The Kier molecular flexibility index (Phi) is 3.32. The zero-order valence-electron chi connectivity index (χ0n) is 11.4. The van der Waals surface area contributed by atoms with Crippen LogP contribution in [0.4, 0.5) is 5.82 Å². The average molecular weight is 287 g/mol. The van der Waals surface area contributed by atoms with Gasteiger partial charge < -0.3 is 4.90 Å². The van der Waals surface area contributed by atoms with Gasteiger partial charge in [-0.05, 0) is 30.7 Å². The second-order valence-corrected chi connectivity index (χ2v) is 5.29. The molecule has 0 amide bonds. The normalized spacial score (nSPS) is 10.9. The molecule has 0 radical (unpaired) electrons. The Labute approximate surface area is 122 Å². The molecule has 0 aliphatic rings. The summed E-state index contributed by atoms with van der Waals surface area (Å²) >= 11 is 6.02. The summed E-state index contributed by atoms with van der Waals surface area (Å²) in [7, 11) is 2.02. The highest BCUT2D eigenvalue weighted by Crippen LogP contribution is 2.21. The van der Waals surface area contributed by atoms with Crippen LogP contribution >= 0.6 is 11.6 Å². The molecule has 0 saturated carbocycles. The van der Waals surface area contributed by atoms with E-state index in [2.05, 4.69) is 21.0 Å². The third-order valence-electron chi connectivity index (χ3n) is 3.16. The molecule has 20 heavy (non-hydrogen) atoms. The molecule has 3 aromatic rings. The molecule has 2 heterocycles. The first-order valence-electron chi connectivity index (χ1n) is 6.40. The van der Waals surface area contributed by atoms with Gasteiger partial charge in [0, 0.05) is 31.0 Å². The van der Waals surface area contributed by atoms with Crippen LogP contribution in [0.2, 0.25) is 5.02 Å². The van der Waals surface area contributed by atoms with Crippen molar-refractivity contribution in [2.45, 2.75) is 13.5 Å². The van der Waals surface area contributed by atoms with Crippen molar-refractivity contribution in [3.63, 3.8) is 0 Å². The predicted molar refractivity (Wildman–Crippen MR) is 81.3 cm³/mol. The van der Waals surface area contributed by atoms with Gasteiger partial charge in [0.2, 0.25) is 0 Å². The molecule has 0 saturated heterocycles. The minimum Gasteiger partial charge on any atom is -0.354 e. The summed E-state index contributed by atoms with van der Waals surface area (Å²) < 4.78 is 1.85. The van der Waals surface area contributed by atoms with E-state index in [1.165, 1.54) is 0 Å².